The van der Waals surface area contributed by atoms with Crippen LogP contribution in [0.2, 0.25) is 10.0 Å². The number of hydrogen-bond acceptors (Lipinski definition) is 4. The first kappa shape index (κ1) is 29.7. The van der Waals surface area contributed by atoms with E-state index >= 15 is 0 Å². The molecule has 0 unspecified atom stereocenters. The molecule has 0 bridgehead atoms. The van der Waals surface area contributed by atoms with Gasteiger partial charge < -0.3 is 10.2 Å². The second-order valence-corrected chi connectivity index (χ2v) is 8.84. The van der Waals surface area contributed by atoms with Crippen molar-refractivity contribution in [3.05, 3.63) is 57.6 Å². The fourth-order valence-electron chi connectivity index (χ4n) is 3.39. The van der Waals surface area contributed by atoms with Crippen molar-refractivity contribution in [2.24, 2.45) is 9.98 Å². The maximum atomic E-state index is 11.7. The fraction of sp³-hybridized carbons (Fsp3) is 0.462. The molecule has 0 N–H and O–H groups in total. The first-order valence-corrected chi connectivity index (χ1v) is 12.2. The molecule has 2 aromatic carbocycles. The molecule has 182 valence electrons. The Bertz CT molecular complexity index is 804. The Hall–Kier alpha value is -1.35. The van der Waals surface area contributed by atoms with Crippen molar-refractivity contribution in [2.45, 2.75) is 64.2 Å². The van der Waals surface area contributed by atoms with Crippen LogP contribution in [-0.2, 0) is 21.1 Å². The Kier molecular flexibility index (Phi) is 16.2. The van der Waals surface area contributed by atoms with Gasteiger partial charge in [-0.2, -0.15) is 0 Å². The van der Waals surface area contributed by atoms with E-state index in [1.54, 1.807) is 36.7 Å². The van der Waals surface area contributed by atoms with Crippen LogP contribution >= 0.6 is 23.2 Å². The van der Waals surface area contributed by atoms with Gasteiger partial charge in [0, 0.05) is 35.6 Å². The Morgan fingerprint density at radius 3 is 1.27 bits per heavy atom. The van der Waals surface area contributed by atoms with Gasteiger partial charge >= 0.3 is 21.1 Å². The number of nitrogens with zero attached hydrogens (tertiary/aromatic N) is 2. The average molecular weight is 671 g/mol. The van der Waals surface area contributed by atoms with Crippen molar-refractivity contribution < 1.29 is 31.3 Å². The van der Waals surface area contributed by atoms with Gasteiger partial charge in [0.05, 0.1) is 0 Å². The van der Waals surface area contributed by atoms with E-state index in [4.69, 9.17) is 23.2 Å². The summed E-state index contributed by atoms with van der Waals surface area (Å²) in [6.07, 6.45) is 15.3. The minimum Gasteiger partial charge on any atom is -0.872 e. The van der Waals surface area contributed by atoms with E-state index in [9.17, 15) is 10.2 Å². The molecule has 0 fully saturated rings. The van der Waals surface area contributed by atoms with Crippen LogP contribution in [-0.4, -0.2) is 25.5 Å². The Morgan fingerprint density at radius 2 is 0.909 bits per heavy atom. The third kappa shape index (κ3) is 13.2. The molecule has 33 heavy (non-hydrogen) atoms. The van der Waals surface area contributed by atoms with E-state index in [0.29, 0.717) is 21.2 Å². The predicted octanol–water partition coefficient (Wildman–Crippen LogP) is 6.58. The maximum Gasteiger partial charge on any atom is 2.00 e. The summed E-state index contributed by atoms with van der Waals surface area (Å²) in [4.78, 5) is 8.69. The predicted molar refractivity (Wildman–Crippen MR) is 133 cm³/mol. The minimum absolute atomic E-state index is 0. The van der Waals surface area contributed by atoms with E-state index in [0.717, 1.165) is 25.9 Å². The standard InChI is InChI=1S/C26H34Cl2N2O2.Pt/c27-23-11-13-25(31)21(17-23)19-29-15-9-7-5-3-1-2-4-6-8-10-16-30-20-22-18-24(28)12-14-26(22)32;/h11-14,17-20,31-32H,1-10,15-16H2;/q;+2/p-2. The van der Waals surface area contributed by atoms with Crippen LogP contribution in [0, 0.1) is 0 Å². The molecule has 0 heterocycles. The summed E-state index contributed by atoms with van der Waals surface area (Å²) < 4.78 is 0. The smallest absolute Gasteiger partial charge is 0.872 e. The van der Waals surface area contributed by atoms with Gasteiger partial charge in [-0.25, -0.2) is 0 Å². The molecule has 0 radical (unpaired) electrons. The first-order chi connectivity index (χ1) is 15.6. The van der Waals surface area contributed by atoms with Crippen molar-refractivity contribution >= 4 is 35.6 Å². The van der Waals surface area contributed by atoms with Gasteiger partial charge in [0.2, 0.25) is 0 Å². The molecule has 0 aliphatic heterocycles. The van der Waals surface area contributed by atoms with Crippen molar-refractivity contribution in [1.82, 2.24) is 0 Å². The summed E-state index contributed by atoms with van der Waals surface area (Å²) in [5, 5.41) is 24.4. The van der Waals surface area contributed by atoms with Gasteiger partial charge in [0.15, 0.2) is 0 Å². The van der Waals surface area contributed by atoms with Gasteiger partial charge in [-0.15, -0.1) is 0 Å². The fourth-order valence-corrected chi connectivity index (χ4v) is 3.75. The Morgan fingerprint density at radius 1 is 0.576 bits per heavy atom. The van der Waals surface area contributed by atoms with Crippen LogP contribution in [0.3, 0.4) is 0 Å². The molecule has 0 aliphatic carbocycles. The van der Waals surface area contributed by atoms with Gasteiger partial charge in [-0.3, -0.25) is 9.98 Å². The van der Waals surface area contributed by atoms with Crippen molar-refractivity contribution in [1.29, 1.82) is 0 Å². The van der Waals surface area contributed by atoms with Gasteiger partial charge in [0.25, 0.3) is 0 Å². The molecule has 0 atom stereocenters. The number of benzene rings is 2. The third-order valence-corrected chi connectivity index (χ3v) is 5.70. The third-order valence-electron chi connectivity index (χ3n) is 5.23. The van der Waals surface area contributed by atoms with Crippen LogP contribution in [0.5, 0.6) is 11.5 Å². The summed E-state index contributed by atoms with van der Waals surface area (Å²) >= 11 is 11.8. The Balaban J connectivity index is 0.00000544. The Labute approximate surface area is 222 Å². The summed E-state index contributed by atoms with van der Waals surface area (Å²) in [5.74, 6) is -0.0810. The summed E-state index contributed by atoms with van der Waals surface area (Å²) in [6.45, 7) is 1.50. The van der Waals surface area contributed by atoms with Crippen LogP contribution in [0.15, 0.2) is 46.4 Å². The second kappa shape index (κ2) is 18.0. The SMILES string of the molecule is [O-]c1ccc(Cl)cc1C=NCCCCCCCCCCCCN=Cc1cc(Cl)ccc1[O-].[Pt+2]. The van der Waals surface area contributed by atoms with Gasteiger partial charge in [-0.1, -0.05) is 98.2 Å². The van der Waals surface area contributed by atoms with E-state index in [-0.39, 0.29) is 32.6 Å². The number of unbranched alkanes of at least 4 members (excludes halogenated alkanes) is 9. The zero-order valence-electron chi connectivity index (χ0n) is 18.9. The summed E-state index contributed by atoms with van der Waals surface area (Å²) in [5.41, 5.74) is 1.11. The van der Waals surface area contributed by atoms with Crippen LogP contribution in [0.1, 0.15) is 75.3 Å². The van der Waals surface area contributed by atoms with E-state index in [1.807, 2.05) is 0 Å². The zero-order valence-corrected chi connectivity index (χ0v) is 22.7. The minimum atomic E-state index is -0.0405. The number of aliphatic imine (C=N–C) groups is 2. The van der Waals surface area contributed by atoms with Crippen LogP contribution < -0.4 is 10.2 Å². The quantitative estimate of drug-likeness (QED) is 0.159. The molecule has 7 heteroatoms. The molecule has 0 spiro atoms. The maximum absolute atomic E-state index is 11.7. The monoisotopic (exact) mass is 669 g/mol. The first-order valence-electron chi connectivity index (χ1n) is 11.5. The average Bonchev–Trinajstić information content (AvgIpc) is 2.78. The molecule has 0 saturated heterocycles. The molecule has 0 saturated carbocycles. The normalized spacial score (nSPS) is 11.3. The van der Waals surface area contributed by atoms with Crippen molar-refractivity contribution in [3.8, 4) is 11.5 Å². The molecule has 0 aliphatic rings. The summed E-state index contributed by atoms with van der Waals surface area (Å²) in [6, 6.07) is 9.47. The van der Waals surface area contributed by atoms with Crippen LogP contribution in [0.25, 0.3) is 0 Å². The number of halogens is 2. The van der Waals surface area contributed by atoms with E-state index in [2.05, 4.69) is 9.98 Å². The van der Waals surface area contributed by atoms with E-state index < -0.39 is 0 Å². The summed E-state index contributed by atoms with van der Waals surface area (Å²) in [7, 11) is 0. The van der Waals surface area contributed by atoms with Crippen LogP contribution in [0.4, 0.5) is 0 Å². The molecule has 4 nitrogen and oxygen atoms in total. The van der Waals surface area contributed by atoms with Gasteiger partial charge in [-0.05, 0) is 48.2 Å². The van der Waals surface area contributed by atoms with E-state index in [1.165, 1.54) is 63.5 Å². The molecular formula is C26H32Cl2N2O2Pt. The molecular weight excluding hydrogens is 638 g/mol. The zero-order chi connectivity index (χ0) is 23.0. The molecule has 0 aromatic heterocycles. The molecule has 2 aromatic rings. The topological polar surface area (TPSA) is 70.8 Å². The molecule has 2 rings (SSSR count). The number of hydrogen-bond donors (Lipinski definition) is 0. The molecule has 0 amide bonds. The van der Waals surface area contributed by atoms with Crippen molar-refractivity contribution in [3.63, 3.8) is 0 Å². The second-order valence-electron chi connectivity index (χ2n) is 7.97. The van der Waals surface area contributed by atoms with Gasteiger partial charge in [0.1, 0.15) is 0 Å². The largest absolute Gasteiger partial charge is 2.00 e. The number of rotatable bonds is 15. The van der Waals surface area contributed by atoms with Crippen molar-refractivity contribution in [2.75, 3.05) is 13.1 Å².